The number of benzene rings is 1. The van der Waals surface area contributed by atoms with Crippen LogP contribution in [-0.4, -0.2) is 43.9 Å². The quantitative estimate of drug-likeness (QED) is 0.729. The van der Waals surface area contributed by atoms with Gasteiger partial charge in [0.25, 0.3) is 5.91 Å². The van der Waals surface area contributed by atoms with Crippen molar-refractivity contribution in [3.8, 4) is 5.69 Å². The third kappa shape index (κ3) is 2.56. The van der Waals surface area contributed by atoms with Crippen molar-refractivity contribution in [1.82, 2.24) is 24.9 Å². The number of pyridine rings is 1. The van der Waals surface area contributed by atoms with E-state index in [1.165, 1.54) is 6.42 Å². The minimum atomic E-state index is 0.109. The van der Waals surface area contributed by atoms with Gasteiger partial charge in [-0.1, -0.05) is 5.21 Å². The SMILES string of the molecule is O=C(c1ccc(-n2nnc3cccnc32)cc1)N1CCCCC1. The Morgan fingerprint density at radius 1 is 1.00 bits per heavy atom. The summed E-state index contributed by atoms with van der Waals surface area (Å²) in [4.78, 5) is 18.7. The molecule has 3 aromatic rings. The number of fused-ring (bicyclic) bond motifs is 1. The van der Waals surface area contributed by atoms with Crippen LogP contribution in [0, 0.1) is 0 Å². The predicted molar refractivity (Wildman–Crippen MR) is 86.4 cm³/mol. The summed E-state index contributed by atoms with van der Waals surface area (Å²) in [5, 5.41) is 8.24. The number of nitrogens with zero attached hydrogens (tertiary/aromatic N) is 5. The molecule has 1 aliphatic heterocycles. The van der Waals surface area contributed by atoms with Gasteiger partial charge >= 0.3 is 0 Å². The molecule has 1 fully saturated rings. The van der Waals surface area contributed by atoms with Gasteiger partial charge in [-0.25, -0.2) is 4.98 Å². The summed E-state index contributed by atoms with van der Waals surface area (Å²) >= 11 is 0. The number of rotatable bonds is 2. The Morgan fingerprint density at radius 3 is 2.57 bits per heavy atom. The molecular weight excluding hydrogens is 290 g/mol. The molecule has 6 heteroatoms. The molecular formula is C17H17N5O. The van der Waals surface area contributed by atoms with E-state index in [4.69, 9.17) is 0 Å². The van der Waals surface area contributed by atoms with Gasteiger partial charge in [-0.15, -0.1) is 5.10 Å². The van der Waals surface area contributed by atoms with Crippen LogP contribution in [0.15, 0.2) is 42.6 Å². The Morgan fingerprint density at radius 2 is 1.78 bits per heavy atom. The zero-order chi connectivity index (χ0) is 15.6. The van der Waals surface area contributed by atoms with Crippen LogP contribution >= 0.6 is 0 Å². The maximum atomic E-state index is 12.5. The molecule has 0 bridgehead atoms. The van der Waals surface area contributed by atoms with Crippen molar-refractivity contribution in [1.29, 1.82) is 0 Å². The second-order valence-electron chi connectivity index (χ2n) is 5.75. The molecule has 0 aliphatic carbocycles. The van der Waals surface area contributed by atoms with Gasteiger partial charge in [0.1, 0.15) is 5.52 Å². The number of carbonyl (C=O) groups excluding carboxylic acids is 1. The lowest BCUT2D eigenvalue weighted by atomic mass is 10.1. The standard InChI is InChI=1S/C17H17N5O/c23-17(21-11-2-1-3-12-21)13-6-8-14(9-7-13)22-16-15(19-20-22)5-4-10-18-16/h4-10H,1-3,11-12H2. The molecule has 23 heavy (non-hydrogen) atoms. The highest BCUT2D eigenvalue weighted by Crippen LogP contribution is 2.17. The number of piperidine rings is 1. The molecule has 1 amide bonds. The Hall–Kier alpha value is -2.76. The number of hydrogen-bond donors (Lipinski definition) is 0. The Kier molecular flexibility index (Phi) is 3.49. The van der Waals surface area contributed by atoms with Gasteiger partial charge in [0, 0.05) is 24.8 Å². The van der Waals surface area contributed by atoms with E-state index in [1.54, 1.807) is 10.9 Å². The summed E-state index contributed by atoms with van der Waals surface area (Å²) in [6, 6.07) is 11.2. The molecule has 6 nitrogen and oxygen atoms in total. The normalized spacial score (nSPS) is 15.0. The molecule has 3 heterocycles. The molecule has 0 radical (unpaired) electrons. The van der Waals surface area contributed by atoms with Crippen LogP contribution in [0.2, 0.25) is 0 Å². The van der Waals surface area contributed by atoms with E-state index in [9.17, 15) is 4.79 Å². The fraction of sp³-hybridized carbons (Fsp3) is 0.294. The number of carbonyl (C=O) groups is 1. The first-order valence-corrected chi connectivity index (χ1v) is 7.89. The number of hydrogen-bond acceptors (Lipinski definition) is 4. The molecule has 0 N–H and O–H groups in total. The van der Waals surface area contributed by atoms with E-state index in [0.29, 0.717) is 11.2 Å². The third-order valence-corrected chi connectivity index (χ3v) is 4.21. The third-order valence-electron chi connectivity index (χ3n) is 4.21. The van der Waals surface area contributed by atoms with E-state index in [-0.39, 0.29) is 5.91 Å². The van der Waals surface area contributed by atoms with Gasteiger partial charge in [-0.05, 0) is 55.7 Å². The van der Waals surface area contributed by atoms with Gasteiger partial charge in [-0.3, -0.25) is 4.79 Å². The van der Waals surface area contributed by atoms with E-state index in [1.807, 2.05) is 41.3 Å². The van der Waals surface area contributed by atoms with Crippen molar-refractivity contribution in [3.63, 3.8) is 0 Å². The summed E-state index contributed by atoms with van der Waals surface area (Å²) in [5.74, 6) is 0.109. The molecule has 116 valence electrons. The highest BCUT2D eigenvalue weighted by atomic mass is 16.2. The molecule has 0 atom stereocenters. The first-order chi connectivity index (χ1) is 11.3. The van der Waals surface area contributed by atoms with Crippen molar-refractivity contribution in [3.05, 3.63) is 48.2 Å². The minimum absolute atomic E-state index is 0.109. The van der Waals surface area contributed by atoms with Gasteiger partial charge in [0.2, 0.25) is 0 Å². The lowest BCUT2D eigenvalue weighted by molar-refractivity contribution is 0.0724. The van der Waals surface area contributed by atoms with Crippen molar-refractivity contribution in [2.24, 2.45) is 0 Å². The van der Waals surface area contributed by atoms with E-state index in [0.717, 1.165) is 37.1 Å². The van der Waals surface area contributed by atoms with E-state index < -0.39 is 0 Å². The lowest BCUT2D eigenvalue weighted by Gasteiger charge is -2.26. The maximum Gasteiger partial charge on any atom is 0.253 e. The smallest absolute Gasteiger partial charge is 0.253 e. The summed E-state index contributed by atoms with van der Waals surface area (Å²) < 4.78 is 1.69. The van der Waals surface area contributed by atoms with Crippen LogP contribution in [0.3, 0.4) is 0 Å². The minimum Gasteiger partial charge on any atom is -0.339 e. The summed E-state index contributed by atoms with van der Waals surface area (Å²) in [5.41, 5.74) is 3.03. The Bertz CT molecular complexity index is 834. The average Bonchev–Trinajstić information content (AvgIpc) is 3.06. The summed E-state index contributed by atoms with van der Waals surface area (Å²) in [6.45, 7) is 1.72. The molecule has 0 unspecified atom stereocenters. The predicted octanol–water partition coefficient (Wildman–Crippen LogP) is 2.44. The Labute approximate surface area is 133 Å². The van der Waals surface area contributed by atoms with E-state index >= 15 is 0 Å². The van der Waals surface area contributed by atoms with Crippen LogP contribution in [0.4, 0.5) is 0 Å². The van der Waals surface area contributed by atoms with Crippen LogP contribution in [-0.2, 0) is 0 Å². The topological polar surface area (TPSA) is 63.9 Å². The van der Waals surface area contributed by atoms with Crippen molar-refractivity contribution in [2.75, 3.05) is 13.1 Å². The lowest BCUT2D eigenvalue weighted by Crippen LogP contribution is -2.35. The monoisotopic (exact) mass is 307 g/mol. The largest absolute Gasteiger partial charge is 0.339 e. The molecule has 0 saturated carbocycles. The van der Waals surface area contributed by atoms with Gasteiger partial charge in [0.15, 0.2) is 5.65 Å². The van der Waals surface area contributed by atoms with E-state index in [2.05, 4.69) is 15.3 Å². The van der Waals surface area contributed by atoms with Crippen LogP contribution in [0.25, 0.3) is 16.9 Å². The van der Waals surface area contributed by atoms with Gasteiger partial charge in [0.05, 0.1) is 5.69 Å². The number of aromatic nitrogens is 4. The second-order valence-corrected chi connectivity index (χ2v) is 5.75. The molecule has 1 aromatic carbocycles. The first-order valence-electron chi connectivity index (χ1n) is 7.89. The van der Waals surface area contributed by atoms with Crippen LogP contribution < -0.4 is 0 Å². The number of likely N-dealkylation sites (tertiary alicyclic amines) is 1. The van der Waals surface area contributed by atoms with Crippen molar-refractivity contribution in [2.45, 2.75) is 19.3 Å². The average molecular weight is 307 g/mol. The second kappa shape index (κ2) is 5.79. The van der Waals surface area contributed by atoms with Gasteiger partial charge in [-0.2, -0.15) is 4.68 Å². The zero-order valence-electron chi connectivity index (χ0n) is 12.7. The first kappa shape index (κ1) is 13.9. The van der Waals surface area contributed by atoms with Crippen molar-refractivity contribution < 1.29 is 4.79 Å². The van der Waals surface area contributed by atoms with Crippen LogP contribution in [0.5, 0.6) is 0 Å². The molecule has 2 aromatic heterocycles. The molecule has 1 aliphatic rings. The van der Waals surface area contributed by atoms with Crippen LogP contribution in [0.1, 0.15) is 29.6 Å². The Balaban J connectivity index is 1.61. The zero-order valence-corrected chi connectivity index (χ0v) is 12.7. The molecule has 4 rings (SSSR count). The van der Waals surface area contributed by atoms with Gasteiger partial charge < -0.3 is 4.90 Å². The molecule has 0 spiro atoms. The summed E-state index contributed by atoms with van der Waals surface area (Å²) in [7, 11) is 0. The highest BCUT2D eigenvalue weighted by Gasteiger charge is 2.18. The number of amides is 1. The van der Waals surface area contributed by atoms with Crippen molar-refractivity contribution >= 4 is 17.1 Å². The fourth-order valence-electron chi connectivity index (χ4n) is 2.96. The summed E-state index contributed by atoms with van der Waals surface area (Å²) in [6.07, 6.45) is 5.13. The molecule has 1 saturated heterocycles. The highest BCUT2D eigenvalue weighted by molar-refractivity contribution is 5.94. The fourth-order valence-corrected chi connectivity index (χ4v) is 2.96. The maximum absolute atomic E-state index is 12.5.